The third-order valence-electron chi connectivity index (χ3n) is 3.52. The van der Waals surface area contributed by atoms with Gasteiger partial charge in [0.05, 0.1) is 5.56 Å². The molecule has 0 saturated carbocycles. The molecule has 9 nitrogen and oxygen atoms in total. The van der Waals surface area contributed by atoms with Crippen molar-refractivity contribution in [1.82, 2.24) is 20.0 Å². The van der Waals surface area contributed by atoms with Crippen LogP contribution in [0, 0.1) is 6.92 Å². The lowest BCUT2D eigenvalue weighted by atomic mass is 10.3. The molecule has 0 bridgehead atoms. The van der Waals surface area contributed by atoms with Crippen LogP contribution < -0.4 is 10.2 Å². The van der Waals surface area contributed by atoms with Gasteiger partial charge in [-0.15, -0.1) is 0 Å². The van der Waals surface area contributed by atoms with Gasteiger partial charge in [0.15, 0.2) is 5.82 Å². The van der Waals surface area contributed by atoms with Crippen LogP contribution in [-0.2, 0) is 4.79 Å². The number of carbonyl (C=O) groups excluding carboxylic acids is 2. The van der Waals surface area contributed by atoms with E-state index in [0.29, 0.717) is 49.3 Å². The molecule has 2 aromatic rings. The van der Waals surface area contributed by atoms with Gasteiger partial charge in [-0.05, 0) is 6.92 Å². The van der Waals surface area contributed by atoms with Crippen molar-refractivity contribution in [1.29, 1.82) is 0 Å². The Bertz CT molecular complexity index is 691. The minimum Gasteiger partial charge on any atom is -0.360 e. The molecule has 1 aliphatic heterocycles. The summed E-state index contributed by atoms with van der Waals surface area (Å²) in [6.45, 7) is 4.36. The van der Waals surface area contributed by atoms with E-state index < -0.39 is 0 Å². The van der Waals surface area contributed by atoms with Crippen LogP contribution in [0.25, 0.3) is 0 Å². The van der Waals surface area contributed by atoms with Gasteiger partial charge in [-0.3, -0.25) is 9.59 Å². The number of piperazine rings is 1. The van der Waals surface area contributed by atoms with Gasteiger partial charge < -0.3 is 19.6 Å². The highest BCUT2D eigenvalue weighted by atomic mass is 16.5. The van der Waals surface area contributed by atoms with Crippen LogP contribution in [0.5, 0.6) is 0 Å². The molecule has 1 aliphatic rings. The number of carbonyl (C=O) groups is 2. The Morgan fingerprint density at radius 1 is 1.26 bits per heavy atom. The van der Waals surface area contributed by atoms with Crippen molar-refractivity contribution in [2.45, 2.75) is 6.92 Å². The van der Waals surface area contributed by atoms with E-state index in [2.05, 4.69) is 20.4 Å². The average molecular weight is 316 g/mol. The maximum Gasteiger partial charge on any atom is 0.260 e. The van der Waals surface area contributed by atoms with Crippen LogP contribution in [0.4, 0.5) is 11.8 Å². The highest BCUT2D eigenvalue weighted by Gasteiger charge is 2.18. The second kappa shape index (κ2) is 6.42. The summed E-state index contributed by atoms with van der Waals surface area (Å²) in [6, 6.07) is 1.62. The fourth-order valence-corrected chi connectivity index (χ4v) is 2.24. The summed E-state index contributed by atoms with van der Waals surface area (Å²) in [5.41, 5.74) is 0.334. The lowest BCUT2D eigenvalue weighted by molar-refractivity contribution is -0.118. The standard InChI is InChI=1S/C14H16N6O3/c1-10-6-12(18-23-10)17-13(22)11-7-15-14(16-8-11)20-4-2-19(9-21)3-5-20/h6-9H,2-5H2,1H3,(H,17,18,22). The van der Waals surface area contributed by atoms with Crippen LogP contribution in [0.2, 0.25) is 0 Å². The van der Waals surface area contributed by atoms with Crippen LogP contribution in [-0.4, -0.2) is 58.5 Å². The molecule has 0 radical (unpaired) electrons. The predicted octanol–water partition coefficient (Wildman–Crippen LogP) is 0.304. The summed E-state index contributed by atoms with van der Waals surface area (Å²) in [5, 5.41) is 6.31. The zero-order chi connectivity index (χ0) is 16.2. The Hall–Kier alpha value is -2.97. The summed E-state index contributed by atoms with van der Waals surface area (Å²) in [4.78, 5) is 34.9. The zero-order valence-electron chi connectivity index (χ0n) is 12.6. The second-order valence-corrected chi connectivity index (χ2v) is 5.18. The summed E-state index contributed by atoms with van der Waals surface area (Å²) in [7, 11) is 0. The van der Waals surface area contributed by atoms with Gasteiger partial charge in [-0.1, -0.05) is 5.16 Å². The maximum atomic E-state index is 12.1. The molecule has 0 unspecified atom stereocenters. The van der Waals surface area contributed by atoms with Gasteiger partial charge in [0, 0.05) is 44.6 Å². The quantitative estimate of drug-likeness (QED) is 0.809. The van der Waals surface area contributed by atoms with E-state index in [9.17, 15) is 9.59 Å². The van der Waals surface area contributed by atoms with Crippen molar-refractivity contribution < 1.29 is 14.1 Å². The first kappa shape index (κ1) is 14.9. The van der Waals surface area contributed by atoms with Gasteiger partial charge in [0.25, 0.3) is 5.91 Å². The molecular formula is C14H16N6O3. The fraction of sp³-hybridized carbons (Fsp3) is 0.357. The van der Waals surface area contributed by atoms with Crippen LogP contribution in [0.15, 0.2) is 23.0 Å². The molecule has 1 fully saturated rings. The van der Waals surface area contributed by atoms with E-state index in [-0.39, 0.29) is 5.91 Å². The third-order valence-corrected chi connectivity index (χ3v) is 3.52. The minimum atomic E-state index is -0.351. The number of rotatable bonds is 4. The van der Waals surface area contributed by atoms with Crippen molar-refractivity contribution >= 4 is 24.1 Å². The molecule has 0 aliphatic carbocycles. The second-order valence-electron chi connectivity index (χ2n) is 5.18. The molecular weight excluding hydrogens is 300 g/mol. The van der Waals surface area contributed by atoms with E-state index in [1.807, 2.05) is 4.90 Å². The number of nitrogens with one attached hydrogen (secondary N) is 1. The first-order chi connectivity index (χ1) is 11.2. The van der Waals surface area contributed by atoms with E-state index in [1.165, 1.54) is 12.4 Å². The molecule has 0 spiro atoms. The molecule has 3 rings (SSSR count). The monoisotopic (exact) mass is 316 g/mol. The summed E-state index contributed by atoms with van der Waals surface area (Å²) in [5.74, 6) is 1.16. The molecule has 0 aromatic carbocycles. The lowest BCUT2D eigenvalue weighted by Crippen LogP contribution is -2.46. The largest absolute Gasteiger partial charge is 0.360 e. The van der Waals surface area contributed by atoms with Gasteiger partial charge >= 0.3 is 0 Å². The van der Waals surface area contributed by atoms with Crippen molar-refractivity contribution in [2.75, 3.05) is 36.4 Å². The SMILES string of the molecule is Cc1cc(NC(=O)c2cnc(N3CCN(C=O)CC3)nc2)no1. The zero-order valence-corrected chi connectivity index (χ0v) is 12.6. The third kappa shape index (κ3) is 3.44. The lowest BCUT2D eigenvalue weighted by Gasteiger charge is -2.32. The average Bonchev–Trinajstić information content (AvgIpc) is 3.00. The first-order valence-corrected chi connectivity index (χ1v) is 7.17. The van der Waals surface area contributed by atoms with Gasteiger partial charge in [0.1, 0.15) is 5.76 Å². The topological polar surface area (TPSA) is 104 Å². The highest BCUT2D eigenvalue weighted by molar-refractivity contribution is 6.03. The van der Waals surface area contributed by atoms with Gasteiger partial charge in [0.2, 0.25) is 12.4 Å². The predicted molar refractivity (Wildman–Crippen MR) is 81.1 cm³/mol. The molecule has 120 valence electrons. The summed E-state index contributed by atoms with van der Waals surface area (Å²) < 4.78 is 4.89. The number of hydrogen-bond acceptors (Lipinski definition) is 7. The molecule has 1 N–H and O–H groups in total. The van der Waals surface area contributed by atoms with Crippen LogP contribution in [0.1, 0.15) is 16.1 Å². The molecule has 3 heterocycles. The van der Waals surface area contributed by atoms with Crippen molar-refractivity contribution in [3.8, 4) is 0 Å². The molecule has 1 saturated heterocycles. The number of amides is 2. The minimum absolute atomic E-state index is 0.334. The van der Waals surface area contributed by atoms with Gasteiger partial charge in [-0.2, -0.15) is 0 Å². The van der Waals surface area contributed by atoms with E-state index in [1.54, 1.807) is 17.9 Å². The maximum absolute atomic E-state index is 12.1. The number of aryl methyl sites for hydroxylation is 1. The normalized spacial score (nSPS) is 14.7. The Kier molecular flexibility index (Phi) is 4.18. The van der Waals surface area contributed by atoms with E-state index in [0.717, 1.165) is 6.41 Å². The number of nitrogens with zero attached hydrogens (tertiary/aromatic N) is 5. The molecule has 2 aromatic heterocycles. The Morgan fingerprint density at radius 2 is 1.96 bits per heavy atom. The number of aromatic nitrogens is 3. The number of hydrogen-bond donors (Lipinski definition) is 1. The Morgan fingerprint density at radius 3 is 2.52 bits per heavy atom. The first-order valence-electron chi connectivity index (χ1n) is 7.17. The molecule has 9 heteroatoms. The van der Waals surface area contributed by atoms with Crippen molar-refractivity contribution in [3.63, 3.8) is 0 Å². The van der Waals surface area contributed by atoms with E-state index in [4.69, 9.17) is 4.52 Å². The summed E-state index contributed by atoms with van der Waals surface area (Å²) >= 11 is 0. The number of anilines is 2. The van der Waals surface area contributed by atoms with Gasteiger partial charge in [-0.25, -0.2) is 9.97 Å². The smallest absolute Gasteiger partial charge is 0.260 e. The highest BCUT2D eigenvalue weighted by Crippen LogP contribution is 2.12. The van der Waals surface area contributed by atoms with Crippen LogP contribution >= 0.6 is 0 Å². The fourth-order valence-electron chi connectivity index (χ4n) is 2.24. The molecule has 23 heavy (non-hydrogen) atoms. The van der Waals surface area contributed by atoms with E-state index >= 15 is 0 Å². The molecule has 2 amide bonds. The van der Waals surface area contributed by atoms with Crippen molar-refractivity contribution in [3.05, 3.63) is 29.8 Å². The Labute approximate surface area is 132 Å². The summed E-state index contributed by atoms with van der Waals surface area (Å²) in [6.07, 6.45) is 3.78. The molecule has 0 atom stereocenters. The van der Waals surface area contributed by atoms with Crippen LogP contribution in [0.3, 0.4) is 0 Å². The Balaban J connectivity index is 1.62. The van der Waals surface area contributed by atoms with Crippen molar-refractivity contribution in [2.24, 2.45) is 0 Å².